The molecule has 0 amide bonds. The Hall–Kier alpha value is -3.49. The molecule has 0 aliphatic rings. The number of pyridine rings is 3. The summed E-state index contributed by atoms with van der Waals surface area (Å²) in [5.74, 6) is -0.310. The minimum absolute atomic E-state index is 0. The molecule has 0 unspecified atom stereocenters. The molecule has 0 bridgehead atoms. The molecule has 0 spiro atoms. The van der Waals surface area contributed by atoms with E-state index in [1.807, 2.05) is 36.5 Å². The molecular weight excluding hydrogens is 580 g/mol. The van der Waals surface area contributed by atoms with Crippen molar-refractivity contribution >= 4 is 32.6 Å². The van der Waals surface area contributed by atoms with Crippen LogP contribution in [0.4, 0.5) is 4.39 Å². The van der Waals surface area contributed by atoms with Crippen molar-refractivity contribution in [2.24, 2.45) is 0 Å². The van der Waals surface area contributed by atoms with Gasteiger partial charge in [0.2, 0.25) is 0 Å². The van der Waals surface area contributed by atoms with E-state index in [9.17, 15) is 4.39 Å². The van der Waals surface area contributed by atoms with Crippen LogP contribution in [0, 0.1) is 11.9 Å². The van der Waals surface area contributed by atoms with Gasteiger partial charge in [0.05, 0.1) is 22.4 Å². The summed E-state index contributed by atoms with van der Waals surface area (Å²) in [6.07, 6.45) is 1.81. The maximum atomic E-state index is 13.7. The van der Waals surface area contributed by atoms with E-state index in [4.69, 9.17) is 9.97 Å². The first-order valence-corrected chi connectivity index (χ1v) is 9.98. The maximum absolute atomic E-state index is 13.7. The second kappa shape index (κ2) is 8.21. The summed E-state index contributed by atoms with van der Waals surface area (Å²) in [4.78, 5) is 14.3. The average Bonchev–Trinajstić information content (AvgIpc) is 2.83. The van der Waals surface area contributed by atoms with Gasteiger partial charge in [-0.2, -0.15) is 0 Å². The third-order valence-electron chi connectivity index (χ3n) is 5.46. The largest absolute Gasteiger partial charge is 0.295 e. The van der Waals surface area contributed by atoms with E-state index in [2.05, 4.69) is 47.4 Å². The van der Waals surface area contributed by atoms with Gasteiger partial charge in [-0.25, -0.2) is 9.37 Å². The fourth-order valence-corrected chi connectivity index (χ4v) is 3.99. The molecule has 3 aromatic carbocycles. The van der Waals surface area contributed by atoms with Crippen LogP contribution in [0.3, 0.4) is 0 Å². The first kappa shape index (κ1) is 20.4. The Morgan fingerprint density at radius 2 is 1.38 bits per heavy atom. The molecule has 3 aromatic heterocycles. The second-order valence-corrected chi connectivity index (χ2v) is 7.40. The van der Waals surface area contributed by atoms with Crippen LogP contribution in [0.1, 0.15) is 0 Å². The number of nitrogens with zero attached hydrogens (tertiary/aromatic N) is 3. The predicted molar refractivity (Wildman–Crippen MR) is 122 cm³/mol. The van der Waals surface area contributed by atoms with Crippen molar-refractivity contribution < 1.29 is 25.5 Å². The molecule has 32 heavy (non-hydrogen) atoms. The van der Waals surface area contributed by atoms with Gasteiger partial charge < -0.3 is 0 Å². The smallest absolute Gasteiger partial charge is 0.0884 e. The molecule has 0 fully saturated rings. The van der Waals surface area contributed by atoms with Crippen LogP contribution in [-0.2, 0) is 21.1 Å². The average molecular weight is 596 g/mol. The molecule has 3 heterocycles. The number of rotatable bonds is 2. The molecule has 5 heteroatoms. The zero-order valence-electron chi connectivity index (χ0n) is 16.7. The summed E-state index contributed by atoms with van der Waals surface area (Å²) in [6.45, 7) is 0. The minimum atomic E-state index is -0.310. The fraction of sp³-hybridized carbons (Fsp3) is 0. The van der Waals surface area contributed by atoms with E-state index in [0.717, 1.165) is 44.0 Å². The van der Waals surface area contributed by atoms with Gasteiger partial charge in [-0.3, -0.25) is 9.97 Å². The van der Waals surface area contributed by atoms with Gasteiger partial charge in [0.15, 0.2) is 0 Å². The fourth-order valence-electron chi connectivity index (χ4n) is 3.99. The summed E-state index contributed by atoms with van der Waals surface area (Å²) in [7, 11) is 0. The maximum Gasteiger partial charge on any atom is 0.0884 e. The van der Waals surface area contributed by atoms with Gasteiger partial charge in [-0.1, -0.05) is 48.5 Å². The number of aromatic nitrogens is 3. The number of benzene rings is 3. The quantitative estimate of drug-likeness (QED) is 0.167. The normalized spacial score (nSPS) is 11.0. The number of hydrogen-bond donors (Lipinski definition) is 0. The van der Waals surface area contributed by atoms with Crippen LogP contribution in [0.5, 0.6) is 0 Å². The third-order valence-corrected chi connectivity index (χ3v) is 5.46. The SMILES string of the molecule is Fc1cc[c-]c(-c2cccc(-c3ccc4ccc5ccc6cccnc6c5c4n3)n2)c1.[Pt]. The molecule has 3 nitrogen and oxygen atoms in total. The number of halogens is 1. The standard InChI is InChI=1S/C27H15FN3.Pt/c28-21-6-1-4-20(16-21)22-7-2-8-23(30-22)24-14-13-19-12-10-17-9-11-18-5-3-15-29-26(18)25(17)27(19)31-24;/h1-3,5-16H;/q-1;. The van der Waals surface area contributed by atoms with Crippen LogP contribution in [0.15, 0.2) is 91.1 Å². The molecule has 0 N–H and O–H groups in total. The molecule has 0 radical (unpaired) electrons. The van der Waals surface area contributed by atoms with Gasteiger partial charge in [0, 0.05) is 49.2 Å². The Labute approximate surface area is 198 Å². The van der Waals surface area contributed by atoms with Gasteiger partial charge in [-0.05, 0) is 29.3 Å². The van der Waals surface area contributed by atoms with E-state index in [-0.39, 0.29) is 26.9 Å². The first-order valence-electron chi connectivity index (χ1n) is 9.98. The van der Waals surface area contributed by atoms with E-state index in [1.54, 1.807) is 6.07 Å². The van der Waals surface area contributed by atoms with Crippen molar-refractivity contribution in [3.63, 3.8) is 0 Å². The summed E-state index contributed by atoms with van der Waals surface area (Å²) < 4.78 is 13.7. The van der Waals surface area contributed by atoms with Gasteiger partial charge in [0.1, 0.15) is 0 Å². The molecule has 6 aromatic rings. The molecule has 0 saturated heterocycles. The third kappa shape index (κ3) is 3.47. The van der Waals surface area contributed by atoms with Gasteiger partial charge in [-0.15, -0.1) is 29.8 Å². The van der Waals surface area contributed by atoms with E-state index < -0.39 is 0 Å². The summed E-state index contributed by atoms with van der Waals surface area (Å²) >= 11 is 0. The first-order chi connectivity index (χ1) is 15.3. The van der Waals surface area contributed by atoms with Crippen LogP contribution < -0.4 is 0 Å². The van der Waals surface area contributed by atoms with Crippen LogP contribution >= 0.6 is 0 Å². The molecule has 0 atom stereocenters. The molecule has 156 valence electrons. The Morgan fingerprint density at radius 1 is 0.656 bits per heavy atom. The molecular formula is C27H15FN3Pt-. The predicted octanol–water partition coefficient (Wildman–Crippen LogP) is 6.60. The van der Waals surface area contributed by atoms with E-state index >= 15 is 0 Å². The Morgan fingerprint density at radius 3 is 2.22 bits per heavy atom. The van der Waals surface area contributed by atoms with Crippen molar-refractivity contribution in [3.8, 4) is 22.6 Å². The number of hydrogen-bond acceptors (Lipinski definition) is 3. The van der Waals surface area contributed by atoms with Crippen LogP contribution in [0.2, 0.25) is 0 Å². The molecule has 0 saturated carbocycles. The molecule has 0 aliphatic heterocycles. The molecule has 6 rings (SSSR count). The van der Waals surface area contributed by atoms with Gasteiger partial charge >= 0.3 is 0 Å². The van der Waals surface area contributed by atoms with Crippen molar-refractivity contribution in [3.05, 3.63) is 103 Å². The summed E-state index contributed by atoms with van der Waals surface area (Å²) in [5.41, 5.74) is 4.58. The van der Waals surface area contributed by atoms with Crippen molar-refractivity contribution in [1.82, 2.24) is 15.0 Å². The minimum Gasteiger partial charge on any atom is -0.295 e. The monoisotopic (exact) mass is 595 g/mol. The van der Waals surface area contributed by atoms with E-state index in [0.29, 0.717) is 11.3 Å². The van der Waals surface area contributed by atoms with Crippen LogP contribution in [-0.4, -0.2) is 15.0 Å². The Bertz CT molecular complexity index is 1610. The van der Waals surface area contributed by atoms with Crippen molar-refractivity contribution in [1.29, 1.82) is 0 Å². The van der Waals surface area contributed by atoms with E-state index in [1.165, 1.54) is 12.1 Å². The van der Waals surface area contributed by atoms with Crippen LogP contribution in [0.25, 0.3) is 55.2 Å². The number of fused-ring (bicyclic) bond motifs is 5. The zero-order valence-corrected chi connectivity index (χ0v) is 19.0. The van der Waals surface area contributed by atoms with Crippen molar-refractivity contribution in [2.75, 3.05) is 0 Å². The topological polar surface area (TPSA) is 38.7 Å². The molecule has 0 aliphatic carbocycles. The summed E-state index contributed by atoms with van der Waals surface area (Å²) in [5, 5.41) is 4.26. The van der Waals surface area contributed by atoms with Crippen molar-refractivity contribution in [2.45, 2.75) is 0 Å². The zero-order chi connectivity index (χ0) is 20.8. The van der Waals surface area contributed by atoms with Gasteiger partial charge in [0.25, 0.3) is 0 Å². The second-order valence-electron chi connectivity index (χ2n) is 7.40. The Balaban J connectivity index is 0.00000216. The Kier molecular flexibility index (Phi) is 5.24. The summed E-state index contributed by atoms with van der Waals surface area (Å²) in [6, 6.07) is 29.5.